The van der Waals surface area contributed by atoms with Crippen LogP contribution in [-0.4, -0.2) is 20.9 Å². The molecule has 1 aliphatic rings. The molecule has 1 aromatic carbocycles. The fourth-order valence-corrected chi connectivity index (χ4v) is 2.98. The highest BCUT2D eigenvalue weighted by Gasteiger charge is 2.20. The molecule has 6 heteroatoms. The molecule has 1 fully saturated rings. The fourth-order valence-electron chi connectivity index (χ4n) is 2.12. The Morgan fingerprint density at radius 1 is 1.35 bits per heavy atom. The van der Waals surface area contributed by atoms with Gasteiger partial charge in [-0.3, -0.25) is 4.79 Å². The molecule has 20 heavy (non-hydrogen) atoms. The summed E-state index contributed by atoms with van der Waals surface area (Å²) in [5, 5.41) is 2.81. The molecule has 1 aliphatic carbocycles. The molecule has 0 unspecified atom stereocenters. The van der Waals surface area contributed by atoms with Crippen LogP contribution in [-0.2, 0) is 9.05 Å². The van der Waals surface area contributed by atoms with Crippen molar-refractivity contribution in [3.63, 3.8) is 0 Å². The maximum absolute atomic E-state index is 12.0. The highest BCUT2D eigenvalue weighted by molar-refractivity contribution is 8.13. The summed E-state index contributed by atoms with van der Waals surface area (Å²) in [6.45, 7) is 2.35. The molecule has 0 bridgehead atoms. The van der Waals surface area contributed by atoms with E-state index < -0.39 is 9.05 Å². The standard InChI is InChI=1S/C14H18ClNO3S/c1-10-7-12(9-13(8-10)20(15,18)19)14(17)16-6-2-3-11-4-5-11/h7-9,11H,2-6H2,1H3,(H,16,17). The van der Waals surface area contributed by atoms with Gasteiger partial charge in [-0.15, -0.1) is 0 Å². The maximum atomic E-state index is 12.0. The summed E-state index contributed by atoms with van der Waals surface area (Å²) in [4.78, 5) is 11.9. The second kappa shape index (κ2) is 6.14. The Morgan fingerprint density at radius 3 is 2.65 bits per heavy atom. The van der Waals surface area contributed by atoms with Crippen molar-refractivity contribution in [3.05, 3.63) is 29.3 Å². The largest absolute Gasteiger partial charge is 0.352 e. The number of nitrogens with one attached hydrogen (secondary N) is 1. The van der Waals surface area contributed by atoms with Gasteiger partial charge in [0.05, 0.1) is 4.90 Å². The zero-order chi connectivity index (χ0) is 14.8. The second-order valence-corrected chi connectivity index (χ2v) is 7.88. The number of amides is 1. The van der Waals surface area contributed by atoms with E-state index in [-0.39, 0.29) is 10.8 Å². The van der Waals surface area contributed by atoms with Crippen molar-refractivity contribution < 1.29 is 13.2 Å². The average Bonchev–Trinajstić information content (AvgIpc) is 3.16. The van der Waals surface area contributed by atoms with E-state index >= 15 is 0 Å². The van der Waals surface area contributed by atoms with Crippen molar-refractivity contribution in [2.24, 2.45) is 5.92 Å². The first-order valence-electron chi connectivity index (χ1n) is 6.71. The van der Waals surface area contributed by atoms with Crippen molar-refractivity contribution in [2.45, 2.75) is 37.5 Å². The van der Waals surface area contributed by atoms with Crippen LogP contribution in [0.25, 0.3) is 0 Å². The summed E-state index contributed by atoms with van der Waals surface area (Å²) in [6.07, 6.45) is 4.73. The quantitative estimate of drug-likeness (QED) is 0.648. The van der Waals surface area contributed by atoms with Crippen LogP contribution in [0.4, 0.5) is 0 Å². The first-order valence-corrected chi connectivity index (χ1v) is 9.02. The fraction of sp³-hybridized carbons (Fsp3) is 0.500. The van der Waals surface area contributed by atoms with Crippen LogP contribution in [0.2, 0.25) is 0 Å². The smallest absolute Gasteiger partial charge is 0.261 e. The normalized spacial score (nSPS) is 15.1. The zero-order valence-electron chi connectivity index (χ0n) is 11.4. The lowest BCUT2D eigenvalue weighted by atomic mass is 10.1. The van der Waals surface area contributed by atoms with E-state index in [0.717, 1.165) is 18.8 Å². The van der Waals surface area contributed by atoms with Crippen molar-refractivity contribution in [1.29, 1.82) is 0 Å². The van der Waals surface area contributed by atoms with Crippen LogP contribution in [0.1, 0.15) is 41.6 Å². The van der Waals surface area contributed by atoms with Gasteiger partial charge in [-0.25, -0.2) is 8.42 Å². The van der Waals surface area contributed by atoms with Crippen LogP contribution < -0.4 is 5.32 Å². The molecule has 0 spiro atoms. The molecule has 1 N–H and O–H groups in total. The number of carbonyl (C=O) groups is 1. The van der Waals surface area contributed by atoms with Gasteiger partial charge in [-0.1, -0.05) is 12.8 Å². The average molecular weight is 316 g/mol. The van der Waals surface area contributed by atoms with Gasteiger partial charge >= 0.3 is 0 Å². The number of benzene rings is 1. The first-order chi connectivity index (χ1) is 9.36. The van der Waals surface area contributed by atoms with Gasteiger partial charge in [0, 0.05) is 22.8 Å². The molecule has 1 aromatic rings. The van der Waals surface area contributed by atoms with Crippen molar-refractivity contribution >= 4 is 25.6 Å². The van der Waals surface area contributed by atoms with Crippen LogP contribution in [0.15, 0.2) is 23.1 Å². The summed E-state index contributed by atoms with van der Waals surface area (Å²) >= 11 is 0. The van der Waals surface area contributed by atoms with Crippen molar-refractivity contribution in [3.8, 4) is 0 Å². The molecule has 0 radical (unpaired) electrons. The Balaban J connectivity index is 1.99. The molecule has 2 rings (SSSR count). The molecule has 0 aromatic heterocycles. The topological polar surface area (TPSA) is 63.2 Å². The predicted molar refractivity (Wildman–Crippen MR) is 78.5 cm³/mol. The van der Waals surface area contributed by atoms with Crippen LogP contribution in [0, 0.1) is 12.8 Å². The third-order valence-electron chi connectivity index (χ3n) is 3.37. The molecular formula is C14H18ClNO3S. The lowest BCUT2D eigenvalue weighted by molar-refractivity contribution is 0.0952. The minimum Gasteiger partial charge on any atom is -0.352 e. The molecular weight excluding hydrogens is 298 g/mol. The Kier molecular flexibility index (Phi) is 4.70. The van der Waals surface area contributed by atoms with Crippen LogP contribution in [0.5, 0.6) is 0 Å². The summed E-state index contributed by atoms with van der Waals surface area (Å²) < 4.78 is 22.7. The maximum Gasteiger partial charge on any atom is 0.261 e. The lowest BCUT2D eigenvalue weighted by Gasteiger charge is -2.07. The SMILES string of the molecule is Cc1cc(C(=O)NCCCC2CC2)cc(S(=O)(=O)Cl)c1. The van der Waals surface area contributed by atoms with Crippen molar-refractivity contribution in [1.82, 2.24) is 5.32 Å². The molecule has 1 amide bonds. The third kappa shape index (κ3) is 4.49. The number of aryl methyl sites for hydroxylation is 1. The van der Waals surface area contributed by atoms with Gasteiger partial charge in [-0.2, -0.15) is 0 Å². The van der Waals surface area contributed by atoms with E-state index in [0.29, 0.717) is 17.7 Å². The van der Waals surface area contributed by atoms with E-state index in [4.69, 9.17) is 10.7 Å². The predicted octanol–water partition coefficient (Wildman–Crippen LogP) is 2.84. The monoisotopic (exact) mass is 315 g/mol. The Hall–Kier alpha value is -1.07. The van der Waals surface area contributed by atoms with E-state index in [2.05, 4.69) is 5.32 Å². The number of carbonyl (C=O) groups excluding carboxylic acids is 1. The minimum atomic E-state index is -3.82. The van der Waals surface area contributed by atoms with Gasteiger partial charge < -0.3 is 5.32 Å². The zero-order valence-corrected chi connectivity index (χ0v) is 12.9. The van der Waals surface area contributed by atoms with E-state index in [9.17, 15) is 13.2 Å². The Labute approximate surface area is 123 Å². The van der Waals surface area contributed by atoms with Crippen molar-refractivity contribution in [2.75, 3.05) is 6.54 Å². The van der Waals surface area contributed by atoms with Gasteiger partial charge in [-0.05, 0) is 49.4 Å². The lowest BCUT2D eigenvalue weighted by Crippen LogP contribution is -2.24. The highest BCUT2D eigenvalue weighted by atomic mass is 35.7. The Morgan fingerprint density at radius 2 is 2.05 bits per heavy atom. The summed E-state index contributed by atoms with van der Waals surface area (Å²) in [5.74, 6) is 0.588. The molecule has 0 aliphatic heterocycles. The van der Waals surface area contributed by atoms with Crippen LogP contribution in [0.3, 0.4) is 0 Å². The number of halogens is 1. The van der Waals surface area contributed by atoms with Gasteiger partial charge in [0.1, 0.15) is 0 Å². The number of rotatable bonds is 6. The van der Waals surface area contributed by atoms with Crippen LogP contribution >= 0.6 is 10.7 Å². The molecule has 0 atom stereocenters. The van der Waals surface area contributed by atoms with Gasteiger partial charge in [0.15, 0.2) is 0 Å². The van der Waals surface area contributed by atoms with E-state index in [1.54, 1.807) is 13.0 Å². The molecule has 4 nitrogen and oxygen atoms in total. The number of hydrogen-bond donors (Lipinski definition) is 1. The first kappa shape index (κ1) is 15.3. The van der Waals surface area contributed by atoms with Gasteiger partial charge in [0.2, 0.25) is 0 Å². The highest BCUT2D eigenvalue weighted by Crippen LogP contribution is 2.33. The third-order valence-corrected chi connectivity index (χ3v) is 4.70. The summed E-state index contributed by atoms with van der Waals surface area (Å²) in [5.41, 5.74) is 1.02. The van der Waals surface area contributed by atoms with E-state index in [1.165, 1.54) is 25.0 Å². The number of hydrogen-bond acceptors (Lipinski definition) is 3. The molecule has 1 saturated carbocycles. The van der Waals surface area contributed by atoms with Gasteiger partial charge in [0.25, 0.3) is 15.0 Å². The minimum absolute atomic E-state index is 0.0395. The summed E-state index contributed by atoms with van der Waals surface area (Å²) in [6, 6.07) is 4.42. The second-order valence-electron chi connectivity index (χ2n) is 5.31. The molecule has 0 heterocycles. The summed E-state index contributed by atoms with van der Waals surface area (Å²) in [7, 11) is 1.50. The molecule has 110 valence electrons. The Bertz CT molecular complexity index is 609. The van der Waals surface area contributed by atoms with E-state index in [1.807, 2.05) is 0 Å². The molecule has 0 saturated heterocycles.